The number of halogens is 5. The Kier molecular flexibility index (Phi) is 6.73. The Bertz CT molecular complexity index is 944. The van der Waals surface area contributed by atoms with Crippen molar-refractivity contribution in [3.05, 3.63) is 27.8 Å². The fraction of sp³-hybridized carbons (Fsp3) is 0.562. The molecule has 7 nitrogen and oxygen atoms in total. The first-order chi connectivity index (χ1) is 13.6. The third-order valence-corrected chi connectivity index (χ3v) is 9.44. The van der Waals surface area contributed by atoms with Crippen molar-refractivity contribution in [2.45, 2.75) is 30.0 Å². The Labute approximate surface area is 188 Å². The summed E-state index contributed by atoms with van der Waals surface area (Å²) >= 11 is 5.33. The maximum Gasteiger partial charge on any atom is 0.418 e. The van der Waals surface area contributed by atoms with E-state index < -0.39 is 32.1 Å². The predicted molar refractivity (Wildman–Crippen MR) is 118 cm³/mol. The van der Waals surface area contributed by atoms with Gasteiger partial charge in [0.05, 0.1) is 36.1 Å². The van der Waals surface area contributed by atoms with Gasteiger partial charge >= 0.3 is 6.18 Å². The van der Waals surface area contributed by atoms with Crippen molar-refractivity contribution < 1.29 is 22.3 Å². The lowest BCUT2D eigenvalue weighted by Gasteiger charge is -2.33. The topological polar surface area (TPSA) is 92.7 Å². The minimum Gasteiger partial charge on any atom is -0.334 e. The van der Waals surface area contributed by atoms with Gasteiger partial charge in [-0.2, -0.15) is 13.2 Å². The van der Waals surface area contributed by atoms with E-state index in [1.54, 1.807) is 4.31 Å². The summed E-state index contributed by atoms with van der Waals surface area (Å²) in [5.74, 6) is 0. The number of fused-ring (bicyclic) bond motifs is 1. The van der Waals surface area contributed by atoms with Crippen molar-refractivity contribution in [1.82, 2.24) is 4.31 Å². The summed E-state index contributed by atoms with van der Waals surface area (Å²) in [6, 6.07) is 1.50. The molecule has 0 aliphatic carbocycles. The molecule has 1 aromatic carbocycles. The van der Waals surface area contributed by atoms with E-state index in [-0.39, 0.29) is 28.5 Å². The van der Waals surface area contributed by atoms with Crippen LogP contribution in [0.5, 0.6) is 0 Å². The fourth-order valence-corrected chi connectivity index (χ4v) is 8.36. The first kappa shape index (κ1) is 23.0. The van der Waals surface area contributed by atoms with Crippen LogP contribution >= 0.6 is 38.5 Å². The molecule has 2 heterocycles. The lowest BCUT2D eigenvalue weighted by Crippen LogP contribution is -2.46. The molecule has 2 aliphatic rings. The summed E-state index contributed by atoms with van der Waals surface area (Å²) in [5, 5.41) is 11.4. The lowest BCUT2D eigenvalue weighted by molar-refractivity contribution is -0.385. The van der Waals surface area contributed by atoms with Crippen LogP contribution in [0.1, 0.15) is 18.4 Å². The highest BCUT2D eigenvalue weighted by Gasteiger charge is 2.46. The number of nitrogens with two attached hydrogens (primary N) is 1. The molecule has 1 aromatic rings. The Balaban J connectivity index is 2.35. The van der Waals surface area contributed by atoms with Gasteiger partial charge < -0.3 is 10.6 Å². The van der Waals surface area contributed by atoms with Gasteiger partial charge in [-0.25, -0.2) is 8.51 Å². The van der Waals surface area contributed by atoms with Crippen LogP contribution < -0.4 is 10.6 Å². The highest BCUT2D eigenvalue weighted by Crippen LogP contribution is 2.47. The van der Waals surface area contributed by atoms with Crippen molar-refractivity contribution in [2.75, 3.05) is 34.3 Å². The highest BCUT2D eigenvalue weighted by atomic mass is 127. The van der Waals surface area contributed by atoms with Gasteiger partial charge in [-0.1, -0.05) is 38.5 Å². The van der Waals surface area contributed by atoms with E-state index in [4.69, 9.17) is 5.73 Å². The number of alkyl halides is 5. The molecule has 0 radical (unpaired) electrons. The average Bonchev–Trinajstić information content (AvgIpc) is 2.90. The maximum absolute atomic E-state index is 14.4. The molecule has 0 saturated carbocycles. The van der Waals surface area contributed by atoms with Crippen LogP contribution in [-0.4, -0.2) is 53.9 Å². The van der Waals surface area contributed by atoms with E-state index in [9.17, 15) is 27.5 Å². The van der Waals surface area contributed by atoms with Gasteiger partial charge in [0.25, 0.3) is 5.69 Å². The van der Waals surface area contributed by atoms with Gasteiger partial charge in [-0.05, 0) is 12.8 Å². The largest absolute Gasteiger partial charge is 0.418 e. The molecule has 0 spiro atoms. The van der Waals surface area contributed by atoms with Gasteiger partial charge in [0.15, 0.2) is 0 Å². The number of anilines is 1. The fourth-order valence-electron chi connectivity index (χ4n) is 3.69. The van der Waals surface area contributed by atoms with Crippen molar-refractivity contribution in [1.29, 1.82) is 0 Å². The molecule has 1 saturated heterocycles. The van der Waals surface area contributed by atoms with Crippen LogP contribution in [0.25, 0.3) is 0 Å². The molecule has 0 aromatic heterocycles. The molecule has 1 fully saturated rings. The predicted octanol–water partition coefficient (Wildman–Crippen LogP) is 3.37. The number of hydrogen-bond acceptors (Lipinski definition) is 5. The summed E-state index contributed by atoms with van der Waals surface area (Å²) in [4.78, 5) is 12.1. The van der Waals surface area contributed by atoms with Gasteiger partial charge in [0, 0.05) is 42.2 Å². The van der Waals surface area contributed by atoms with Gasteiger partial charge in [0.1, 0.15) is 4.99 Å². The first-order valence-corrected chi connectivity index (χ1v) is 12.9. The molecule has 0 amide bonds. The number of nitro groups is 1. The quantitative estimate of drug-likeness (QED) is 0.181. The highest BCUT2D eigenvalue weighted by molar-refractivity contribution is 14.1. The van der Waals surface area contributed by atoms with Crippen LogP contribution in [0.15, 0.2) is 17.0 Å². The number of nitro benzene ring substituents is 1. The number of nitrogens with zero attached hydrogens (tertiary/aromatic N) is 3. The second kappa shape index (κ2) is 8.48. The van der Waals surface area contributed by atoms with Crippen molar-refractivity contribution in [3.8, 4) is 0 Å². The summed E-state index contributed by atoms with van der Waals surface area (Å²) in [6.45, 7) is 0.899. The van der Waals surface area contributed by atoms with E-state index in [0.717, 1.165) is 6.07 Å². The molecule has 2 N–H and O–H groups in total. The first-order valence-electron chi connectivity index (χ1n) is 8.75. The van der Waals surface area contributed by atoms with Crippen LogP contribution in [0, 0.1) is 10.1 Å². The molecule has 162 valence electrons. The van der Waals surface area contributed by atoms with Crippen LogP contribution in [0.4, 0.5) is 24.5 Å². The Hall–Kier alpha value is -0.640. The van der Waals surface area contributed by atoms with Gasteiger partial charge in [0.2, 0.25) is 0 Å². The molecule has 2 aliphatic heterocycles. The third-order valence-electron chi connectivity index (χ3n) is 5.05. The molecule has 13 heteroatoms. The van der Waals surface area contributed by atoms with Crippen LogP contribution in [0.2, 0.25) is 0 Å². The Morgan fingerprint density at radius 1 is 1.34 bits per heavy atom. The third kappa shape index (κ3) is 4.00. The summed E-state index contributed by atoms with van der Waals surface area (Å²) in [5.41, 5.74) is 3.84. The van der Waals surface area contributed by atoms with E-state index in [1.165, 1.54) is 4.90 Å². The monoisotopic (exact) mass is 610 g/mol. The van der Waals surface area contributed by atoms with Gasteiger partial charge in [-0.3, -0.25) is 10.1 Å². The number of benzene rings is 1. The number of hydrogen-bond donors (Lipinski definition) is 1. The van der Waals surface area contributed by atoms with E-state index in [1.807, 2.05) is 22.6 Å². The van der Waals surface area contributed by atoms with Crippen molar-refractivity contribution >= 4 is 64.6 Å². The second-order valence-corrected chi connectivity index (χ2v) is 10.9. The molecule has 3 rings (SSSR count). The Morgan fingerprint density at radius 2 is 1.97 bits per heavy atom. The molecular formula is C16H19BrF3IN4O3S. The Morgan fingerprint density at radius 3 is 2.45 bits per heavy atom. The van der Waals surface area contributed by atoms with Crippen LogP contribution in [0.3, 0.4) is 0 Å². The van der Waals surface area contributed by atoms with Crippen molar-refractivity contribution in [2.24, 2.45) is 5.73 Å². The number of non-ortho nitro benzene ring substituents is 1. The van der Waals surface area contributed by atoms with Crippen LogP contribution in [-0.2, 0) is 15.9 Å². The standard InChI is InChI=1S/C16H19BrF3IN4O3S/c17-9-14-24(6-3-21)15-12(16(18,19)20)7-11(25(26)27)8-13(15)29(14,28)23-4-1-10(22)2-5-23/h7-8,10H,1-6,9,22H2. The SMILES string of the molecule is NC1CCN(S2(=O)=C(CBr)N(CCI)c3c(C(F)(F)F)cc([N+](=O)[O-])cc32)CC1. The zero-order valence-corrected chi connectivity index (χ0v) is 19.7. The van der Waals surface area contributed by atoms with Gasteiger partial charge in [-0.15, -0.1) is 0 Å². The zero-order chi connectivity index (χ0) is 21.6. The smallest absolute Gasteiger partial charge is 0.334 e. The molecule has 1 unspecified atom stereocenters. The molecule has 1 atom stereocenters. The normalized spacial score (nSPS) is 23.5. The second-order valence-electron chi connectivity index (χ2n) is 6.76. The summed E-state index contributed by atoms with van der Waals surface area (Å²) in [6.07, 6.45) is -3.73. The minimum atomic E-state index is -4.83. The number of piperidine rings is 1. The minimum absolute atomic E-state index is 0.0659. The molecule has 29 heavy (non-hydrogen) atoms. The van der Waals surface area contributed by atoms with Crippen molar-refractivity contribution in [3.63, 3.8) is 0 Å². The summed E-state index contributed by atoms with van der Waals surface area (Å²) < 4.78 is 58.1. The van der Waals surface area contributed by atoms with E-state index in [2.05, 4.69) is 15.9 Å². The van der Waals surface area contributed by atoms with E-state index in [0.29, 0.717) is 41.4 Å². The van der Waals surface area contributed by atoms with E-state index >= 15 is 0 Å². The number of rotatable bonds is 5. The average molecular weight is 611 g/mol. The lowest BCUT2D eigenvalue weighted by atomic mass is 10.1. The molecular weight excluding hydrogens is 592 g/mol. The molecule has 0 bridgehead atoms. The summed E-state index contributed by atoms with van der Waals surface area (Å²) in [7, 11) is -3.27. The zero-order valence-electron chi connectivity index (χ0n) is 15.1. The maximum atomic E-state index is 14.4.